The van der Waals surface area contributed by atoms with Crippen LogP contribution in [0, 0.1) is 0 Å². The number of alkyl halides is 3. The van der Waals surface area contributed by atoms with Crippen LogP contribution in [0.5, 0.6) is 0 Å². The molecule has 8 heteroatoms. The number of carbonyl (C=O) groups excluding carboxylic acids is 1. The molecule has 168 valence electrons. The Hall–Kier alpha value is -2.80. The molecule has 0 saturated heterocycles. The van der Waals surface area contributed by atoms with Crippen molar-refractivity contribution in [1.29, 1.82) is 0 Å². The molecule has 1 amide bonds. The lowest BCUT2D eigenvalue weighted by Crippen LogP contribution is -2.40. The first-order valence-electron chi connectivity index (χ1n) is 10.5. The molecule has 1 heterocycles. The van der Waals surface area contributed by atoms with Crippen molar-refractivity contribution in [3.8, 4) is 0 Å². The molecule has 2 N–H and O–H groups in total. The summed E-state index contributed by atoms with van der Waals surface area (Å²) in [6.07, 6.45) is 0.945. The molecule has 1 saturated carbocycles. The van der Waals surface area contributed by atoms with Gasteiger partial charge in [0, 0.05) is 34.4 Å². The number of benzene rings is 2. The van der Waals surface area contributed by atoms with E-state index in [1.807, 2.05) is 24.3 Å². The number of aromatic nitrogens is 1. The third-order valence-corrected chi connectivity index (χ3v) is 6.04. The number of carbonyl (C=O) groups is 1. The van der Waals surface area contributed by atoms with Gasteiger partial charge in [-0.1, -0.05) is 23.7 Å². The summed E-state index contributed by atoms with van der Waals surface area (Å²) < 4.78 is 38.0. The second kappa shape index (κ2) is 9.36. The third-order valence-electron chi connectivity index (χ3n) is 5.80. The Morgan fingerprint density at radius 3 is 2.38 bits per heavy atom. The number of halogens is 4. The minimum absolute atomic E-state index is 0.0713. The van der Waals surface area contributed by atoms with Crippen molar-refractivity contribution in [3.63, 3.8) is 0 Å². The second-order valence-electron chi connectivity index (χ2n) is 8.15. The summed E-state index contributed by atoms with van der Waals surface area (Å²) >= 11 is 6.06. The van der Waals surface area contributed by atoms with Crippen molar-refractivity contribution in [2.45, 2.75) is 50.4 Å². The summed E-state index contributed by atoms with van der Waals surface area (Å²) in [5.74, 6) is -0.168. The Labute approximate surface area is 189 Å². The molecule has 1 aliphatic carbocycles. The highest BCUT2D eigenvalue weighted by Crippen LogP contribution is 2.30. The molecule has 0 atom stereocenters. The highest BCUT2D eigenvalue weighted by molar-refractivity contribution is 6.31. The maximum absolute atomic E-state index is 12.7. The fraction of sp³-hybridized carbons (Fsp3) is 0.333. The van der Waals surface area contributed by atoms with Gasteiger partial charge in [0.1, 0.15) is 0 Å². The summed E-state index contributed by atoms with van der Waals surface area (Å²) in [4.78, 5) is 16.7. The summed E-state index contributed by atoms with van der Waals surface area (Å²) in [6.45, 7) is 0. The van der Waals surface area contributed by atoms with Crippen LogP contribution in [0.4, 0.5) is 18.9 Å². The first-order chi connectivity index (χ1) is 15.3. The number of hydrogen-bond donors (Lipinski definition) is 2. The first kappa shape index (κ1) is 22.4. The smallest absolute Gasteiger partial charge is 0.382 e. The van der Waals surface area contributed by atoms with Gasteiger partial charge in [-0.25, -0.2) is 0 Å². The number of fused-ring (bicyclic) bond motifs is 1. The van der Waals surface area contributed by atoms with E-state index in [2.05, 4.69) is 15.6 Å². The van der Waals surface area contributed by atoms with Gasteiger partial charge in [0.2, 0.25) is 5.91 Å². The molecule has 4 nitrogen and oxygen atoms in total. The van der Waals surface area contributed by atoms with E-state index in [0.717, 1.165) is 54.4 Å². The highest BCUT2D eigenvalue weighted by atomic mass is 35.5. The van der Waals surface area contributed by atoms with Crippen LogP contribution in [0.3, 0.4) is 0 Å². The van der Waals surface area contributed by atoms with Crippen molar-refractivity contribution < 1.29 is 18.0 Å². The van der Waals surface area contributed by atoms with Crippen molar-refractivity contribution in [1.82, 2.24) is 10.3 Å². The fourth-order valence-corrected chi connectivity index (χ4v) is 4.29. The standard InChI is InChI=1S/C24H23ClF3N3O/c25-17-5-10-20-21(11-12-29-22(20)14-17)30-18-6-8-19(9-7-18)31-23(32)13-15-1-3-16(4-2-15)24(26,27)28/h1-5,10-12,14,18-19H,6-9,13H2,(H,29,30)(H,31,32). The topological polar surface area (TPSA) is 54.0 Å². The molecule has 3 aromatic rings. The lowest BCUT2D eigenvalue weighted by atomic mass is 9.90. The van der Waals surface area contributed by atoms with Gasteiger partial charge in [0.25, 0.3) is 0 Å². The molecule has 0 spiro atoms. The van der Waals surface area contributed by atoms with E-state index in [-0.39, 0.29) is 18.4 Å². The van der Waals surface area contributed by atoms with Gasteiger partial charge in [0.15, 0.2) is 0 Å². The van der Waals surface area contributed by atoms with Crippen molar-refractivity contribution in [2.75, 3.05) is 5.32 Å². The van der Waals surface area contributed by atoms with Gasteiger partial charge in [-0.15, -0.1) is 0 Å². The van der Waals surface area contributed by atoms with Crippen LogP contribution in [0.1, 0.15) is 36.8 Å². The van der Waals surface area contributed by atoms with E-state index in [1.54, 1.807) is 6.20 Å². The molecule has 0 unspecified atom stereocenters. The van der Waals surface area contributed by atoms with Crippen molar-refractivity contribution in [2.24, 2.45) is 0 Å². The number of pyridine rings is 1. The van der Waals surface area contributed by atoms with Gasteiger partial charge in [0.05, 0.1) is 17.5 Å². The molecular weight excluding hydrogens is 439 g/mol. The second-order valence-corrected chi connectivity index (χ2v) is 8.59. The maximum atomic E-state index is 12.7. The average molecular weight is 462 g/mol. The first-order valence-corrected chi connectivity index (χ1v) is 10.9. The Kier molecular flexibility index (Phi) is 6.55. The molecule has 1 aliphatic rings. The number of nitrogens with one attached hydrogen (secondary N) is 2. The molecule has 0 aliphatic heterocycles. The van der Waals surface area contributed by atoms with E-state index >= 15 is 0 Å². The molecular formula is C24H23ClF3N3O. The van der Waals surface area contributed by atoms with E-state index < -0.39 is 11.7 Å². The van der Waals surface area contributed by atoms with Gasteiger partial charge in [-0.3, -0.25) is 9.78 Å². The summed E-state index contributed by atoms with van der Waals surface area (Å²) in [5, 5.41) is 8.27. The van der Waals surface area contributed by atoms with Crippen LogP contribution in [0.15, 0.2) is 54.7 Å². The summed E-state index contributed by atoms with van der Waals surface area (Å²) in [7, 11) is 0. The van der Waals surface area contributed by atoms with E-state index in [4.69, 9.17) is 11.6 Å². The van der Waals surface area contributed by atoms with E-state index in [0.29, 0.717) is 16.6 Å². The monoisotopic (exact) mass is 461 g/mol. The molecule has 32 heavy (non-hydrogen) atoms. The number of hydrogen-bond acceptors (Lipinski definition) is 3. The van der Waals surface area contributed by atoms with Gasteiger partial charge in [-0.2, -0.15) is 13.2 Å². The van der Waals surface area contributed by atoms with Crippen LogP contribution < -0.4 is 10.6 Å². The van der Waals surface area contributed by atoms with Gasteiger partial charge in [-0.05, 0) is 67.6 Å². The minimum Gasteiger partial charge on any atom is -0.382 e. The molecule has 1 aromatic heterocycles. The number of nitrogens with zero attached hydrogens (tertiary/aromatic N) is 1. The number of rotatable bonds is 5. The van der Waals surface area contributed by atoms with Crippen LogP contribution >= 0.6 is 11.6 Å². The van der Waals surface area contributed by atoms with E-state index in [1.165, 1.54) is 12.1 Å². The van der Waals surface area contributed by atoms with Crippen LogP contribution in [0.2, 0.25) is 5.02 Å². The lowest BCUT2D eigenvalue weighted by Gasteiger charge is -2.30. The minimum atomic E-state index is -4.37. The Morgan fingerprint density at radius 2 is 1.69 bits per heavy atom. The molecule has 0 radical (unpaired) electrons. The molecule has 2 aromatic carbocycles. The fourth-order valence-electron chi connectivity index (χ4n) is 4.12. The quantitative estimate of drug-likeness (QED) is 0.490. The molecule has 1 fully saturated rings. The molecule has 4 rings (SSSR count). The van der Waals surface area contributed by atoms with Crippen LogP contribution in [-0.4, -0.2) is 23.0 Å². The Morgan fingerprint density at radius 1 is 1.00 bits per heavy atom. The number of anilines is 1. The molecule has 0 bridgehead atoms. The summed E-state index contributed by atoms with van der Waals surface area (Å²) in [5.41, 5.74) is 1.71. The zero-order valence-corrected chi connectivity index (χ0v) is 18.0. The average Bonchev–Trinajstić information content (AvgIpc) is 2.75. The largest absolute Gasteiger partial charge is 0.416 e. The normalized spacial score (nSPS) is 19.0. The maximum Gasteiger partial charge on any atom is 0.416 e. The lowest BCUT2D eigenvalue weighted by molar-refractivity contribution is -0.137. The SMILES string of the molecule is O=C(Cc1ccc(C(F)(F)F)cc1)NC1CCC(Nc2ccnc3cc(Cl)ccc23)CC1. The highest BCUT2D eigenvalue weighted by Gasteiger charge is 2.30. The number of amides is 1. The van der Waals surface area contributed by atoms with Crippen LogP contribution in [0.25, 0.3) is 10.9 Å². The van der Waals surface area contributed by atoms with Crippen molar-refractivity contribution in [3.05, 3.63) is 70.9 Å². The zero-order valence-electron chi connectivity index (χ0n) is 17.3. The predicted octanol–water partition coefficient (Wildman–Crippen LogP) is 5.99. The van der Waals surface area contributed by atoms with Crippen LogP contribution in [-0.2, 0) is 17.4 Å². The van der Waals surface area contributed by atoms with Gasteiger partial charge >= 0.3 is 6.18 Å². The summed E-state index contributed by atoms with van der Waals surface area (Å²) in [6, 6.07) is 12.7. The zero-order chi connectivity index (χ0) is 22.7. The predicted molar refractivity (Wildman–Crippen MR) is 120 cm³/mol. The van der Waals surface area contributed by atoms with E-state index in [9.17, 15) is 18.0 Å². The van der Waals surface area contributed by atoms with Crippen molar-refractivity contribution >= 4 is 34.1 Å². The van der Waals surface area contributed by atoms with Gasteiger partial charge < -0.3 is 10.6 Å². The Bertz CT molecular complexity index is 1090. The third kappa shape index (κ3) is 5.51. The Balaban J connectivity index is 1.27.